The third-order valence-electron chi connectivity index (χ3n) is 6.26. The van der Waals surface area contributed by atoms with E-state index >= 15 is 0 Å². The second-order valence-electron chi connectivity index (χ2n) is 7.88. The first kappa shape index (κ1) is 21.3. The molecular weight excluding hydrogens is 410 g/mol. The fourth-order valence-electron chi connectivity index (χ4n) is 4.51. The van der Waals surface area contributed by atoms with Crippen LogP contribution in [0.25, 0.3) is 11.0 Å². The summed E-state index contributed by atoms with van der Waals surface area (Å²) in [5.74, 6) is 0.125. The molecule has 1 fully saturated rings. The number of hydrogen-bond donors (Lipinski definition) is 0. The minimum atomic E-state index is -0.340. The highest BCUT2D eigenvalue weighted by molar-refractivity contribution is 8.16. The Kier molecular flexibility index (Phi) is 6.44. The van der Waals surface area contributed by atoms with Crippen LogP contribution in [0.15, 0.2) is 54.9 Å². The first-order valence-corrected chi connectivity index (χ1v) is 13.0. The SMILES string of the molecule is CSC(SC)(c1ccc(C(=O)N(C)C2CCCCC2)cc1)n1cnc2ccccc21. The Labute approximate surface area is 187 Å². The minimum Gasteiger partial charge on any atom is -0.339 e. The molecular formula is C24H29N3OS2. The molecule has 158 valence electrons. The van der Waals surface area contributed by atoms with Crippen LogP contribution in [0.1, 0.15) is 48.0 Å². The molecule has 1 heterocycles. The van der Waals surface area contributed by atoms with E-state index in [0.29, 0.717) is 6.04 Å². The number of rotatable bonds is 6. The quantitative estimate of drug-likeness (QED) is 0.453. The Bertz CT molecular complexity index is 1000. The number of amides is 1. The van der Waals surface area contributed by atoms with Crippen molar-refractivity contribution in [3.8, 4) is 0 Å². The molecule has 2 aromatic carbocycles. The van der Waals surface area contributed by atoms with E-state index in [1.165, 1.54) is 19.3 Å². The lowest BCUT2D eigenvalue weighted by Crippen LogP contribution is -2.38. The van der Waals surface area contributed by atoms with Crippen LogP contribution in [0, 0.1) is 0 Å². The van der Waals surface area contributed by atoms with Crippen LogP contribution in [0.4, 0.5) is 0 Å². The van der Waals surface area contributed by atoms with E-state index in [-0.39, 0.29) is 10.1 Å². The van der Waals surface area contributed by atoms with Crippen LogP contribution >= 0.6 is 23.5 Å². The molecule has 30 heavy (non-hydrogen) atoms. The molecule has 6 heteroatoms. The minimum absolute atomic E-state index is 0.125. The van der Waals surface area contributed by atoms with Crippen LogP contribution < -0.4 is 0 Å². The van der Waals surface area contributed by atoms with Crippen molar-refractivity contribution in [2.75, 3.05) is 19.6 Å². The second kappa shape index (κ2) is 9.06. The molecule has 4 rings (SSSR count). The summed E-state index contributed by atoms with van der Waals surface area (Å²) in [5, 5.41) is 0. The Balaban J connectivity index is 1.64. The molecule has 4 nitrogen and oxygen atoms in total. The number of nitrogens with zero attached hydrogens (tertiary/aromatic N) is 3. The van der Waals surface area contributed by atoms with Gasteiger partial charge in [0.2, 0.25) is 0 Å². The van der Waals surface area contributed by atoms with Crippen molar-refractivity contribution in [3.05, 3.63) is 66.0 Å². The highest BCUT2D eigenvalue weighted by atomic mass is 32.2. The molecule has 0 radical (unpaired) electrons. The summed E-state index contributed by atoms with van der Waals surface area (Å²) in [6.07, 6.45) is 12.2. The van der Waals surface area contributed by atoms with Crippen LogP contribution in [0.2, 0.25) is 0 Å². The predicted molar refractivity (Wildman–Crippen MR) is 129 cm³/mol. The summed E-state index contributed by atoms with van der Waals surface area (Å²) < 4.78 is 1.90. The average molecular weight is 440 g/mol. The number of thioether (sulfide) groups is 2. The van der Waals surface area contributed by atoms with Gasteiger partial charge in [-0.15, -0.1) is 23.5 Å². The van der Waals surface area contributed by atoms with Crippen LogP contribution in [-0.4, -0.2) is 46.0 Å². The lowest BCUT2D eigenvalue weighted by Gasteiger charge is -2.33. The number of para-hydroxylation sites is 2. The molecule has 1 aliphatic rings. The third-order valence-corrected chi connectivity index (χ3v) is 9.24. The van der Waals surface area contributed by atoms with Crippen molar-refractivity contribution in [2.45, 2.75) is 42.3 Å². The number of carbonyl (C=O) groups is 1. The summed E-state index contributed by atoms with van der Waals surface area (Å²) >= 11 is 3.55. The van der Waals surface area contributed by atoms with Gasteiger partial charge in [-0.2, -0.15) is 0 Å². The van der Waals surface area contributed by atoms with Gasteiger partial charge in [0.1, 0.15) is 0 Å². The molecule has 0 spiro atoms. The Morgan fingerprint density at radius 1 is 1.03 bits per heavy atom. The van der Waals surface area contributed by atoms with Crippen LogP contribution in [0.5, 0.6) is 0 Å². The molecule has 0 N–H and O–H groups in total. The van der Waals surface area contributed by atoms with Gasteiger partial charge in [0.25, 0.3) is 5.91 Å². The molecule has 0 saturated heterocycles. The van der Waals surface area contributed by atoms with Crippen molar-refractivity contribution in [1.29, 1.82) is 0 Å². The zero-order valence-corrected chi connectivity index (χ0v) is 19.5. The van der Waals surface area contributed by atoms with E-state index < -0.39 is 0 Å². The van der Waals surface area contributed by atoms with Crippen molar-refractivity contribution in [1.82, 2.24) is 14.5 Å². The van der Waals surface area contributed by atoms with E-state index in [1.54, 1.807) is 23.5 Å². The third kappa shape index (κ3) is 3.76. The number of imidazole rings is 1. The zero-order valence-electron chi connectivity index (χ0n) is 17.9. The maximum absolute atomic E-state index is 13.0. The van der Waals surface area contributed by atoms with Gasteiger partial charge < -0.3 is 9.47 Å². The van der Waals surface area contributed by atoms with Crippen molar-refractivity contribution in [3.63, 3.8) is 0 Å². The van der Waals surface area contributed by atoms with E-state index in [0.717, 1.165) is 35.0 Å². The zero-order chi connectivity index (χ0) is 21.1. The van der Waals surface area contributed by atoms with Gasteiger partial charge in [0.15, 0.2) is 4.20 Å². The standard InChI is InChI=1S/C24H29N3OS2/c1-26(20-9-5-4-6-10-20)23(28)18-13-15-19(16-14-18)24(29-2,30-3)27-17-25-21-11-7-8-12-22(21)27/h7-8,11-17,20H,4-6,9-10H2,1-3H3. The van der Waals surface area contributed by atoms with Crippen molar-refractivity contribution in [2.24, 2.45) is 0 Å². The highest BCUT2D eigenvalue weighted by Crippen LogP contribution is 2.46. The molecule has 0 bridgehead atoms. The molecule has 0 atom stereocenters. The first-order valence-electron chi connectivity index (χ1n) is 10.5. The van der Waals surface area contributed by atoms with Gasteiger partial charge >= 0.3 is 0 Å². The molecule has 1 aliphatic carbocycles. The van der Waals surface area contributed by atoms with Gasteiger partial charge in [0, 0.05) is 18.7 Å². The maximum Gasteiger partial charge on any atom is 0.253 e. The normalized spacial score (nSPS) is 15.4. The molecule has 1 amide bonds. The average Bonchev–Trinajstić information content (AvgIpc) is 3.25. The number of benzene rings is 2. The summed E-state index contributed by atoms with van der Waals surface area (Å²) in [5.41, 5.74) is 4.02. The topological polar surface area (TPSA) is 38.1 Å². The van der Waals surface area contributed by atoms with Gasteiger partial charge in [-0.25, -0.2) is 4.98 Å². The van der Waals surface area contributed by atoms with Gasteiger partial charge in [-0.1, -0.05) is 43.5 Å². The second-order valence-corrected chi connectivity index (χ2v) is 10.1. The highest BCUT2D eigenvalue weighted by Gasteiger charge is 2.34. The maximum atomic E-state index is 13.0. The largest absolute Gasteiger partial charge is 0.339 e. The molecule has 1 aromatic heterocycles. The summed E-state index contributed by atoms with van der Waals surface area (Å²) in [6, 6.07) is 16.8. The summed E-state index contributed by atoms with van der Waals surface area (Å²) in [6.45, 7) is 0. The molecule has 3 aromatic rings. The monoisotopic (exact) mass is 439 g/mol. The van der Waals surface area contributed by atoms with Crippen LogP contribution in [-0.2, 0) is 4.20 Å². The summed E-state index contributed by atoms with van der Waals surface area (Å²) in [7, 11) is 1.96. The molecule has 0 unspecified atom stereocenters. The fourth-order valence-corrected chi connectivity index (χ4v) is 6.60. The molecule has 1 saturated carbocycles. The fraction of sp³-hybridized carbons (Fsp3) is 0.417. The number of hydrogen-bond acceptors (Lipinski definition) is 4. The lowest BCUT2D eigenvalue weighted by molar-refractivity contribution is 0.0696. The Hall–Kier alpha value is -1.92. The van der Waals surface area contributed by atoms with Crippen LogP contribution in [0.3, 0.4) is 0 Å². The lowest BCUT2D eigenvalue weighted by atomic mass is 9.94. The Morgan fingerprint density at radius 3 is 2.37 bits per heavy atom. The van der Waals surface area contributed by atoms with Gasteiger partial charge in [-0.3, -0.25) is 4.79 Å². The summed E-state index contributed by atoms with van der Waals surface area (Å²) in [4.78, 5) is 19.6. The van der Waals surface area contributed by atoms with Gasteiger partial charge in [0.05, 0.1) is 17.4 Å². The first-order chi connectivity index (χ1) is 14.6. The number of aromatic nitrogens is 2. The van der Waals surface area contributed by atoms with E-state index in [4.69, 9.17) is 0 Å². The number of carbonyl (C=O) groups excluding carboxylic acids is 1. The molecule has 0 aliphatic heterocycles. The van der Waals surface area contributed by atoms with Crippen molar-refractivity contribution >= 4 is 40.5 Å². The van der Waals surface area contributed by atoms with Gasteiger partial charge in [-0.05, 0) is 55.2 Å². The number of fused-ring (bicyclic) bond motifs is 1. The van der Waals surface area contributed by atoms with E-state index in [9.17, 15) is 4.79 Å². The van der Waals surface area contributed by atoms with E-state index in [1.807, 2.05) is 42.5 Å². The predicted octanol–water partition coefficient (Wildman–Crippen LogP) is 5.83. The van der Waals surface area contributed by atoms with E-state index in [2.05, 4.69) is 46.3 Å². The smallest absolute Gasteiger partial charge is 0.253 e. The van der Waals surface area contributed by atoms with Crippen molar-refractivity contribution < 1.29 is 4.79 Å². The Morgan fingerprint density at radius 2 is 1.70 bits per heavy atom.